The molecule has 1 aromatic carbocycles. The molecular weight excluding hydrogens is 338 g/mol. The highest BCUT2D eigenvalue weighted by atomic mass is 35.5. The minimum atomic E-state index is -3.55. The number of methoxy groups -OCH3 is 1. The van der Waals surface area contributed by atoms with Gasteiger partial charge in [0.15, 0.2) is 21.8 Å². The monoisotopic (exact) mass is 359 g/mol. The van der Waals surface area contributed by atoms with Gasteiger partial charge in [-0.2, -0.15) is 0 Å². The SMILES string of the molecule is COC1CC(S(=O)(=O)c2c(Cl)ccc3c2OC(C(C)(C)C)N3)C1. The van der Waals surface area contributed by atoms with Gasteiger partial charge in [0.1, 0.15) is 4.90 Å². The topological polar surface area (TPSA) is 64.6 Å². The summed E-state index contributed by atoms with van der Waals surface area (Å²) >= 11 is 6.23. The fraction of sp³-hybridized carbons (Fsp3) is 0.625. The summed E-state index contributed by atoms with van der Waals surface area (Å²) in [6.07, 6.45) is 0.703. The fourth-order valence-electron chi connectivity index (χ4n) is 2.85. The molecular formula is C16H22ClNO4S. The van der Waals surface area contributed by atoms with Crippen molar-refractivity contribution in [3.63, 3.8) is 0 Å². The van der Waals surface area contributed by atoms with E-state index in [0.29, 0.717) is 24.3 Å². The van der Waals surface area contributed by atoms with E-state index in [1.807, 2.05) is 20.8 Å². The molecule has 23 heavy (non-hydrogen) atoms. The molecule has 0 bridgehead atoms. The Labute approximate surface area is 142 Å². The maximum Gasteiger partial charge on any atom is 0.186 e. The van der Waals surface area contributed by atoms with Gasteiger partial charge in [0.05, 0.1) is 22.1 Å². The second-order valence-electron chi connectivity index (χ2n) is 7.26. The quantitative estimate of drug-likeness (QED) is 0.895. The highest BCUT2D eigenvalue weighted by Crippen LogP contribution is 2.47. The number of anilines is 1. The van der Waals surface area contributed by atoms with Gasteiger partial charge in [0, 0.05) is 12.5 Å². The molecule has 5 nitrogen and oxygen atoms in total. The third-order valence-corrected chi connectivity index (χ3v) is 7.15. The molecule has 3 rings (SSSR count). The highest BCUT2D eigenvalue weighted by molar-refractivity contribution is 7.92. The molecule has 0 radical (unpaired) electrons. The predicted molar refractivity (Wildman–Crippen MR) is 90.0 cm³/mol. The van der Waals surface area contributed by atoms with E-state index in [1.54, 1.807) is 19.2 Å². The fourth-order valence-corrected chi connectivity index (χ4v) is 5.34. The molecule has 1 atom stereocenters. The molecule has 1 unspecified atom stereocenters. The molecule has 128 valence electrons. The average Bonchev–Trinajstić information content (AvgIpc) is 2.80. The number of benzene rings is 1. The van der Waals surface area contributed by atoms with E-state index in [2.05, 4.69) is 5.32 Å². The first kappa shape index (κ1) is 16.9. The van der Waals surface area contributed by atoms with Crippen molar-refractivity contribution in [3.8, 4) is 5.75 Å². The molecule has 1 aliphatic heterocycles. The molecule has 0 amide bonds. The zero-order valence-electron chi connectivity index (χ0n) is 13.7. The highest BCUT2D eigenvalue weighted by Gasteiger charge is 2.44. The summed E-state index contributed by atoms with van der Waals surface area (Å²) in [5, 5.41) is 2.98. The molecule has 1 heterocycles. The van der Waals surface area contributed by atoms with Crippen LogP contribution in [0.3, 0.4) is 0 Å². The molecule has 1 aliphatic carbocycles. The van der Waals surface area contributed by atoms with Gasteiger partial charge in [-0.25, -0.2) is 8.42 Å². The Kier molecular flexibility index (Phi) is 4.06. The van der Waals surface area contributed by atoms with Gasteiger partial charge >= 0.3 is 0 Å². The third kappa shape index (κ3) is 2.81. The van der Waals surface area contributed by atoms with Gasteiger partial charge in [-0.05, 0) is 25.0 Å². The molecule has 0 aromatic heterocycles. The molecule has 1 fully saturated rings. The van der Waals surface area contributed by atoms with Gasteiger partial charge in [-0.15, -0.1) is 0 Å². The van der Waals surface area contributed by atoms with Crippen LogP contribution in [0, 0.1) is 5.41 Å². The van der Waals surface area contributed by atoms with Crippen molar-refractivity contribution in [2.45, 2.75) is 56.1 Å². The summed E-state index contributed by atoms with van der Waals surface area (Å²) in [6.45, 7) is 6.09. The van der Waals surface area contributed by atoms with E-state index in [4.69, 9.17) is 21.1 Å². The van der Waals surface area contributed by atoms with Crippen molar-refractivity contribution in [1.82, 2.24) is 0 Å². The van der Waals surface area contributed by atoms with Crippen LogP contribution in [0.4, 0.5) is 5.69 Å². The standard InChI is InChI=1S/C16H22ClNO4S/c1-16(2,3)15-18-12-6-5-11(17)14(13(12)22-15)23(19,20)10-7-9(8-10)21-4/h5-6,9-10,15,18H,7-8H2,1-4H3. The van der Waals surface area contributed by atoms with Crippen LogP contribution in [-0.2, 0) is 14.6 Å². The van der Waals surface area contributed by atoms with Crippen LogP contribution in [0.5, 0.6) is 5.75 Å². The maximum atomic E-state index is 13.0. The van der Waals surface area contributed by atoms with E-state index in [1.165, 1.54) is 0 Å². The molecule has 0 spiro atoms. The molecule has 1 N–H and O–H groups in total. The normalized spacial score (nSPS) is 26.9. The van der Waals surface area contributed by atoms with Gasteiger partial charge < -0.3 is 14.8 Å². The van der Waals surface area contributed by atoms with Crippen molar-refractivity contribution >= 4 is 27.1 Å². The van der Waals surface area contributed by atoms with Gasteiger partial charge in [-0.1, -0.05) is 32.4 Å². The zero-order chi connectivity index (χ0) is 17.0. The van der Waals surface area contributed by atoms with Crippen LogP contribution in [0.2, 0.25) is 5.02 Å². The van der Waals surface area contributed by atoms with Crippen LogP contribution in [0.1, 0.15) is 33.6 Å². The van der Waals surface area contributed by atoms with Crippen molar-refractivity contribution < 1.29 is 17.9 Å². The van der Waals surface area contributed by atoms with Crippen LogP contribution in [-0.4, -0.2) is 33.1 Å². The number of fused-ring (bicyclic) bond motifs is 1. The Morgan fingerprint density at radius 3 is 2.52 bits per heavy atom. The summed E-state index contributed by atoms with van der Waals surface area (Å²) in [4.78, 5) is 0.107. The lowest BCUT2D eigenvalue weighted by Crippen LogP contribution is -2.40. The largest absolute Gasteiger partial charge is 0.467 e. The first-order valence-corrected chi connectivity index (χ1v) is 9.59. The van der Waals surface area contributed by atoms with Crippen LogP contribution in [0.25, 0.3) is 0 Å². The predicted octanol–water partition coefficient (Wildman–Crippen LogP) is 3.47. The smallest absolute Gasteiger partial charge is 0.186 e. The Bertz CT molecular complexity index is 720. The number of sulfone groups is 1. The van der Waals surface area contributed by atoms with E-state index in [-0.39, 0.29) is 27.7 Å². The third-order valence-electron chi connectivity index (χ3n) is 4.48. The number of hydrogen-bond donors (Lipinski definition) is 1. The molecule has 7 heteroatoms. The first-order chi connectivity index (χ1) is 10.6. The van der Waals surface area contributed by atoms with E-state index < -0.39 is 15.1 Å². The Balaban J connectivity index is 1.98. The van der Waals surface area contributed by atoms with Crippen molar-refractivity contribution in [2.24, 2.45) is 5.41 Å². The lowest BCUT2D eigenvalue weighted by Gasteiger charge is -2.34. The summed E-state index contributed by atoms with van der Waals surface area (Å²) in [5.74, 6) is 0.346. The molecule has 1 aromatic rings. The van der Waals surface area contributed by atoms with E-state index in [0.717, 1.165) is 0 Å². The lowest BCUT2D eigenvalue weighted by molar-refractivity contribution is 0.0436. The van der Waals surface area contributed by atoms with Crippen LogP contribution in [0.15, 0.2) is 17.0 Å². The van der Waals surface area contributed by atoms with E-state index >= 15 is 0 Å². The van der Waals surface area contributed by atoms with Crippen molar-refractivity contribution in [3.05, 3.63) is 17.2 Å². The Morgan fingerprint density at radius 1 is 1.30 bits per heavy atom. The van der Waals surface area contributed by atoms with Crippen molar-refractivity contribution in [1.29, 1.82) is 0 Å². The first-order valence-electron chi connectivity index (χ1n) is 7.67. The van der Waals surface area contributed by atoms with E-state index in [9.17, 15) is 8.42 Å². The minimum absolute atomic E-state index is 0.00618. The molecule has 0 saturated heterocycles. The number of halogens is 1. The molecule has 1 saturated carbocycles. The van der Waals surface area contributed by atoms with Gasteiger partial charge in [0.2, 0.25) is 0 Å². The second-order valence-corrected chi connectivity index (χ2v) is 9.83. The number of rotatable bonds is 3. The summed E-state index contributed by atoms with van der Waals surface area (Å²) in [7, 11) is -1.95. The summed E-state index contributed by atoms with van der Waals surface area (Å²) in [5.41, 5.74) is 0.500. The number of ether oxygens (including phenoxy) is 2. The van der Waals surface area contributed by atoms with Crippen LogP contribution < -0.4 is 10.1 Å². The second kappa shape index (κ2) is 5.53. The molecule has 2 aliphatic rings. The zero-order valence-corrected chi connectivity index (χ0v) is 15.3. The van der Waals surface area contributed by atoms with Crippen LogP contribution >= 0.6 is 11.6 Å². The van der Waals surface area contributed by atoms with Gasteiger partial charge in [-0.3, -0.25) is 0 Å². The maximum absolute atomic E-state index is 13.0. The summed E-state index contributed by atoms with van der Waals surface area (Å²) < 4.78 is 37.1. The van der Waals surface area contributed by atoms with Crippen molar-refractivity contribution in [2.75, 3.05) is 12.4 Å². The summed E-state index contributed by atoms with van der Waals surface area (Å²) in [6, 6.07) is 3.38. The number of hydrogen-bond acceptors (Lipinski definition) is 5. The Morgan fingerprint density at radius 2 is 1.96 bits per heavy atom. The minimum Gasteiger partial charge on any atom is -0.467 e. The Hall–Kier alpha value is -0.980. The lowest BCUT2D eigenvalue weighted by atomic mass is 9.94. The average molecular weight is 360 g/mol. The number of nitrogens with one attached hydrogen (secondary N) is 1. The van der Waals surface area contributed by atoms with Gasteiger partial charge in [0.25, 0.3) is 0 Å².